The standard InChI is InChI=1S/C10H20N2/c1-3-10(11)12(4-2)9-7-5-6-8-9/h9,11H,3-8H2,1-2H3. The highest BCUT2D eigenvalue weighted by atomic mass is 15.2. The van der Waals surface area contributed by atoms with Crippen LogP contribution in [0.5, 0.6) is 0 Å². The average molecular weight is 168 g/mol. The van der Waals surface area contributed by atoms with E-state index in [0.717, 1.165) is 18.8 Å². The number of hydrogen-bond acceptors (Lipinski definition) is 1. The van der Waals surface area contributed by atoms with Crippen molar-refractivity contribution in [2.45, 2.75) is 52.0 Å². The fourth-order valence-corrected chi connectivity index (χ4v) is 2.09. The molecule has 0 aliphatic heterocycles. The highest BCUT2D eigenvalue weighted by Gasteiger charge is 2.22. The summed E-state index contributed by atoms with van der Waals surface area (Å²) in [6, 6.07) is 0.683. The summed E-state index contributed by atoms with van der Waals surface area (Å²) >= 11 is 0. The van der Waals surface area contributed by atoms with Gasteiger partial charge in [-0.05, 0) is 19.8 Å². The summed E-state index contributed by atoms with van der Waals surface area (Å²) in [4.78, 5) is 2.27. The molecule has 1 aliphatic rings. The lowest BCUT2D eigenvalue weighted by atomic mass is 10.2. The largest absolute Gasteiger partial charge is 0.358 e. The molecule has 0 saturated heterocycles. The van der Waals surface area contributed by atoms with Gasteiger partial charge in [0.1, 0.15) is 0 Å². The van der Waals surface area contributed by atoms with E-state index < -0.39 is 0 Å². The van der Waals surface area contributed by atoms with E-state index in [1.165, 1.54) is 25.7 Å². The molecule has 0 aromatic carbocycles. The van der Waals surface area contributed by atoms with E-state index in [1.807, 2.05) is 0 Å². The van der Waals surface area contributed by atoms with E-state index in [0.29, 0.717) is 6.04 Å². The Labute approximate surface area is 75.5 Å². The van der Waals surface area contributed by atoms with Crippen molar-refractivity contribution in [3.8, 4) is 0 Å². The molecule has 0 unspecified atom stereocenters. The molecule has 0 aromatic heterocycles. The van der Waals surface area contributed by atoms with Gasteiger partial charge in [-0.3, -0.25) is 5.41 Å². The lowest BCUT2D eigenvalue weighted by molar-refractivity contribution is 0.322. The molecule has 70 valence electrons. The van der Waals surface area contributed by atoms with E-state index in [4.69, 9.17) is 5.41 Å². The van der Waals surface area contributed by atoms with Crippen LogP contribution >= 0.6 is 0 Å². The molecule has 2 nitrogen and oxygen atoms in total. The number of nitrogens with zero attached hydrogens (tertiary/aromatic N) is 1. The Balaban J connectivity index is 2.48. The molecule has 1 saturated carbocycles. The molecule has 0 spiro atoms. The quantitative estimate of drug-likeness (QED) is 0.509. The molecule has 0 heterocycles. The van der Waals surface area contributed by atoms with Crippen LogP contribution in [0.1, 0.15) is 46.0 Å². The van der Waals surface area contributed by atoms with Crippen LogP contribution in [0.3, 0.4) is 0 Å². The molecule has 0 bridgehead atoms. The number of nitrogens with one attached hydrogen (secondary N) is 1. The highest BCUT2D eigenvalue weighted by molar-refractivity contribution is 5.79. The van der Waals surface area contributed by atoms with E-state index in [9.17, 15) is 0 Å². The molecule has 1 fully saturated rings. The Morgan fingerprint density at radius 2 is 1.92 bits per heavy atom. The first-order valence-corrected chi connectivity index (χ1v) is 5.13. The third-order valence-corrected chi connectivity index (χ3v) is 2.79. The first kappa shape index (κ1) is 9.56. The minimum absolute atomic E-state index is 0.683. The molecule has 0 amide bonds. The first-order valence-electron chi connectivity index (χ1n) is 5.13. The molecule has 12 heavy (non-hydrogen) atoms. The van der Waals surface area contributed by atoms with Gasteiger partial charge >= 0.3 is 0 Å². The van der Waals surface area contributed by atoms with E-state index in [-0.39, 0.29) is 0 Å². The van der Waals surface area contributed by atoms with Crippen molar-refractivity contribution in [1.29, 1.82) is 5.41 Å². The summed E-state index contributed by atoms with van der Waals surface area (Å²) < 4.78 is 0. The van der Waals surface area contributed by atoms with Crippen molar-refractivity contribution in [1.82, 2.24) is 4.90 Å². The third kappa shape index (κ3) is 1.99. The van der Waals surface area contributed by atoms with Gasteiger partial charge in [0.25, 0.3) is 0 Å². The summed E-state index contributed by atoms with van der Waals surface area (Å²) in [6.07, 6.45) is 6.20. The molecule has 0 atom stereocenters. The summed E-state index contributed by atoms with van der Waals surface area (Å²) in [5.74, 6) is 0.824. The second kappa shape index (κ2) is 4.48. The van der Waals surface area contributed by atoms with Crippen molar-refractivity contribution in [3.63, 3.8) is 0 Å². The van der Waals surface area contributed by atoms with Gasteiger partial charge in [0, 0.05) is 19.0 Å². The highest BCUT2D eigenvalue weighted by Crippen LogP contribution is 2.23. The first-order chi connectivity index (χ1) is 5.79. The van der Waals surface area contributed by atoms with Gasteiger partial charge in [-0.1, -0.05) is 19.8 Å². The Morgan fingerprint density at radius 1 is 1.33 bits per heavy atom. The summed E-state index contributed by atoms with van der Waals surface area (Å²) in [5.41, 5.74) is 0. The smallest absolute Gasteiger partial charge is 0.0957 e. The number of hydrogen-bond donors (Lipinski definition) is 1. The topological polar surface area (TPSA) is 27.1 Å². The van der Waals surface area contributed by atoms with Crippen LogP contribution in [-0.4, -0.2) is 23.3 Å². The Hall–Kier alpha value is -0.530. The Morgan fingerprint density at radius 3 is 2.33 bits per heavy atom. The summed E-state index contributed by atoms with van der Waals surface area (Å²) in [5, 5.41) is 7.79. The minimum Gasteiger partial charge on any atom is -0.358 e. The maximum absolute atomic E-state index is 7.79. The lowest BCUT2D eigenvalue weighted by Gasteiger charge is -2.29. The Bertz CT molecular complexity index is 148. The van der Waals surface area contributed by atoms with Crippen molar-refractivity contribution in [2.75, 3.05) is 6.54 Å². The molecule has 1 aliphatic carbocycles. The third-order valence-electron chi connectivity index (χ3n) is 2.79. The van der Waals surface area contributed by atoms with Gasteiger partial charge in [-0.2, -0.15) is 0 Å². The second-order valence-corrected chi connectivity index (χ2v) is 3.52. The van der Waals surface area contributed by atoms with Gasteiger partial charge in [0.05, 0.1) is 5.84 Å². The maximum Gasteiger partial charge on any atom is 0.0957 e. The maximum atomic E-state index is 7.79. The van der Waals surface area contributed by atoms with Crippen LogP contribution in [0, 0.1) is 5.41 Å². The van der Waals surface area contributed by atoms with Gasteiger partial charge in [-0.25, -0.2) is 0 Å². The lowest BCUT2D eigenvalue weighted by Crippen LogP contribution is -2.37. The molecule has 0 radical (unpaired) electrons. The van der Waals surface area contributed by atoms with Crippen LogP contribution < -0.4 is 0 Å². The summed E-state index contributed by atoms with van der Waals surface area (Å²) in [6.45, 7) is 5.24. The van der Waals surface area contributed by atoms with Crippen LogP contribution in [0.4, 0.5) is 0 Å². The van der Waals surface area contributed by atoms with E-state index in [2.05, 4.69) is 18.7 Å². The fourth-order valence-electron chi connectivity index (χ4n) is 2.09. The molecule has 1 N–H and O–H groups in total. The SMILES string of the molecule is CCC(=N)N(CC)C1CCCC1. The van der Waals surface area contributed by atoms with Crippen LogP contribution in [0.25, 0.3) is 0 Å². The summed E-state index contributed by atoms with van der Waals surface area (Å²) in [7, 11) is 0. The predicted molar refractivity (Wildman–Crippen MR) is 52.7 cm³/mol. The molecule has 2 heteroatoms. The molecule has 0 aromatic rings. The van der Waals surface area contributed by atoms with Gasteiger partial charge in [0.2, 0.25) is 0 Å². The fraction of sp³-hybridized carbons (Fsp3) is 0.900. The number of rotatable bonds is 3. The van der Waals surface area contributed by atoms with Crippen molar-refractivity contribution < 1.29 is 0 Å². The monoisotopic (exact) mass is 168 g/mol. The Kier molecular flexibility index (Phi) is 3.57. The minimum atomic E-state index is 0.683. The van der Waals surface area contributed by atoms with E-state index in [1.54, 1.807) is 0 Å². The van der Waals surface area contributed by atoms with Gasteiger partial charge in [-0.15, -0.1) is 0 Å². The predicted octanol–water partition coefficient (Wildman–Crippen LogP) is 2.64. The van der Waals surface area contributed by atoms with Gasteiger partial charge < -0.3 is 4.90 Å². The van der Waals surface area contributed by atoms with E-state index >= 15 is 0 Å². The number of amidine groups is 1. The zero-order valence-electron chi connectivity index (χ0n) is 8.27. The van der Waals surface area contributed by atoms with Crippen LogP contribution in [0.2, 0.25) is 0 Å². The normalized spacial score (nSPS) is 18.2. The second-order valence-electron chi connectivity index (χ2n) is 3.52. The van der Waals surface area contributed by atoms with Gasteiger partial charge in [0.15, 0.2) is 0 Å². The van der Waals surface area contributed by atoms with Crippen LogP contribution in [0.15, 0.2) is 0 Å². The zero-order chi connectivity index (χ0) is 8.97. The zero-order valence-corrected chi connectivity index (χ0v) is 8.27. The van der Waals surface area contributed by atoms with Crippen LogP contribution in [-0.2, 0) is 0 Å². The van der Waals surface area contributed by atoms with Crippen molar-refractivity contribution >= 4 is 5.84 Å². The van der Waals surface area contributed by atoms with Crippen molar-refractivity contribution in [2.24, 2.45) is 0 Å². The molecular formula is C10H20N2. The average Bonchev–Trinajstić information content (AvgIpc) is 2.58. The van der Waals surface area contributed by atoms with Crippen molar-refractivity contribution in [3.05, 3.63) is 0 Å². The molecular weight excluding hydrogens is 148 g/mol. The molecule has 1 rings (SSSR count).